The topological polar surface area (TPSA) is 68.3 Å². The number of amides is 2. The third-order valence-corrected chi connectivity index (χ3v) is 9.62. The second-order valence-electron chi connectivity index (χ2n) is 12.7. The standard InChI is InChI=1S/C38H46F2N2O5/c1-45-33-23-30(24-34(46-2)35(33)47-3)38(39,40)37(44)42-31-21-12-22-32(42)36(43)41(26-31)25-29(19-10-17-27-13-6-4-7-14-27)20-11-18-28-15-8-5-9-16-28/h4-9,13-16,23-24,29,31-32H,10-12,17-22,25-26H2,1-3H3. The number of hydrogen-bond acceptors (Lipinski definition) is 5. The minimum atomic E-state index is -3.90. The van der Waals surface area contributed by atoms with Crippen LogP contribution in [-0.4, -0.2) is 68.1 Å². The van der Waals surface area contributed by atoms with Crippen LogP contribution in [0.2, 0.25) is 0 Å². The molecule has 0 aliphatic carbocycles. The number of rotatable bonds is 15. The van der Waals surface area contributed by atoms with Crippen molar-refractivity contribution in [1.82, 2.24) is 9.80 Å². The summed E-state index contributed by atoms with van der Waals surface area (Å²) in [5, 5.41) is 0. The number of fused-ring (bicyclic) bond motifs is 2. The Morgan fingerprint density at radius 3 is 1.91 bits per heavy atom. The number of ether oxygens (including phenoxy) is 3. The maximum Gasteiger partial charge on any atom is 0.350 e. The Labute approximate surface area is 276 Å². The Morgan fingerprint density at radius 1 is 0.851 bits per heavy atom. The number of hydrogen-bond donors (Lipinski definition) is 0. The number of carbonyl (C=O) groups excluding carboxylic acids is 2. The molecule has 2 unspecified atom stereocenters. The molecule has 2 aliphatic heterocycles. The molecule has 252 valence electrons. The SMILES string of the molecule is COc1cc(C(F)(F)C(=O)N2C3CCCC2C(=O)N(CC(CCCc2ccccc2)CCCc2ccccc2)C3)cc(OC)c1OC. The second kappa shape index (κ2) is 15.6. The fourth-order valence-corrected chi connectivity index (χ4v) is 7.19. The Morgan fingerprint density at radius 2 is 1.40 bits per heavy atom. The molecule has 2 atom stereocenters. The third kappa shape index (κ3) is 7.88. The van der Waals surface area contributed by atoms with Gasteiger partial charge in [-0.05, 0) is 87.0 Å². The summed E-state index contributed by atoms with van der Waals surface area (Å²) < 4.78 is 47.9. The van der Waals surface area contributed by atoms with Crippen LogP contribution in [0.4, 0.5) is 8.78 Å². The van der Waals surface area contributed by atoms with Crippen molar-refractivity contribution in [2.75, 3.05) is 34.4 Å². The van der Waals surface area contributed by atoms with E-state index in [0.717, 1.165) is 50.7 Å². The molecule has 0 spiro atoms. The van der Waals surface area contributed by atoms with Crippen LogP contribution in [0.15, 0.2) is 72.8 Å². The number of piperazine rings is 1. The van der Waals surface area contributed by atoms with Crippen LogP contribution in [0.1, 0.15) is 61.6 Å². The van der Waals surface area contributed by atoms with Crippen molar-refractivity contribution in [3.8, 4) is 17.2 Å². The fraction of sp³-hybridized carbons (Fsp3) is 0.474. The fourth-order valence-electron chi connectivity index (χ4n) is 7.19. The molecule has 5 rings (SSSR count). The van der Waals surface area contributed by atoms with Crippen molar-refractivity contribution in [2.45, 2.75) is 75.8 Å². The Hall–Kier alpha value is -4.14. The minimum Gasteiger partial charge on any atom is -0.493 e. The highest BCUT2D eigenvalue weighted by atomic mass is 19.3. The van der Waals surface area contributed by atoms with Crippen molar-refractivity contribution >= 4 is 11.8 Å². The lowest BCUT2D eigenvalue weighted by atomic mass is 9.87. The van der Waals surface area contributed by atoms with Crippen LogP contribution in [-0.2, 0) is 28.4 Å². The number of methoxy groups -OCH3 is 3. The molecule has 3 aromatic rings. The first kappa shape index (κ1) is 34.2. The molecular formula is C38H46F2N2O5. The van der Waals surface area contributed by atoms with Crippen LogP contribution in [0.25, 0.3) is 0 Å². The van der Waals surface area contributed by atoms with E-state index >= 15 is 8.78 Å². The molecule has 0 aromatic heterocycles. The van der Waals surface area contributed by atoms with Gasteiger partial charge in [-0.1, -0.05) is 60.7 Å². The van der Waals surface area contributed by atoms with Gasteiger partial charge in [-0.2, -0.15) is 8.78 Å². The summed E-state index contributed by atoms with van der Waals surface area (Å²) in [6, 6.07) is 21.6. The molecule has 2 aliphatic rings. The highest BCUT2D eigenvalue weighted by Crippen LogP contribution is 2.44. The van der Waals surface area contributed by atoms with Crippen molar-refractivity contribution in [2.24, 2.45) is 5.92 Å². The molecule has 7 nitrogen and oxygen atoms in total. The van der Waals surface area contributed by atoms with Gasteiger partial charge >= 0.3 is 5.92 Å². The van der Waals surface area contributed by atoms with Crippen LogP contribution in [0, 0.1) is 5.92 Å². The maximum atomic E-state index is 16.0. The van der Waals surface area contributed by atoms with E-state index < -0.39 is 29.5 Å². The maximum absolute atomic E-state index is 16.0. The lowest BCUT2D eigenvalue weighted by molar-refractivity contribution is -0.177. The van der Waals surface area contributed by atoms with E-state index in [-0.39, 0.29) is 35.6 Å². The van der Waals surface area contributed by atoms with Crippen molar-refractivity contribution in [1.29, 1.82) is 0 Å². The Bertz CT molecular complexity index is 1420. The van der Waals surface area contributed by atoms with Crippen molar-refractivity contribution in [3.05, 3.63) is 89.5 Å². The van der Waals surface area contributed by atoms with E-state index in [0.29, 0.717) is 25.8 Å². The summed E-state index contributed by atoms with van der Waals surface area (Å²) >= 11 is 0. The summed E-state index contributed by atoms with van der Waals surface area (Å²) in [7, 11) is 4.05. The van der Waals surface area contributed by atoms with Gasteiger partial charge < -0.3 is 24.0 Å². The molecule has 0 saturated carbocycles. The lowest BCUT2D eigenvalue weighted by Gasteiger charge is -2.50. The van der Waals surface area contributed by atoms with Gasteiger partial charge in [0.05, 0.1) is 27.4 Å². The predicted molar refractivity (Wildman–Crippen MR) is 177 cm³/mol. The van der Waals surface area contributed by atoms with E-state index in [1.165, 1.54) is 37.4 Å². The van der Waals surface area contributed by atoms with Crippen LogP contribution in [0.3, 0.4) is 0 Å². The highest BCUT2D eigenvalue weighted by Gasteiger charge is 2.53. The minimum absolute atomic E-state index is 0.0287. The first-order valence-corrected chi connectivity index (χ1v) is 16.6. The molecule has 2 bridgehead atoms. The van der Waals surface area contributed by atoms with E-state index in [1.54, 1.807) is 0 Å². The zero-order chi connectivity index (χ0) is 33.4. The number of benzene rings is 3. The van der Waals surface area contributed by atoms with E-state index in [2.05, 4.69) is 48.5 Å². The largest absolute Gasteiger partial charge is 0.493 e. The molecule has 2 fully saturated rings. The number of carbonyl (C=O) groups is 2. The molecule has 2 amide bonds. The van der Waals surface area contributed by atoms with E-state index in [1.807, 2.05) is 17.0 Å². The molecule has 3 aromatic carbocycles. The third-order valence-electron chi connectivity index (χ3n) is 9.62. The molecule has 9 heteroatoms. The molecule has 0 radical (unpaired) electrons. The van der Waals surface area contributed by atoms with Crippen molar-refractivity contribution in [3.63, 3.8) is 0 Å². The van der Waals surface area contributed by atoms with Gasteiger partial charge in [-0.25, -0.2) is 0 Å². The Balaban J connectivity index is 1.30. The monoisotopic (exact) mass is 648 g/mol. The van der Waals surface area contributed by atoms with Gasteiger partial charge in [0.15, 0.2) is 11.5 Å². The smallest absolute Gasteiger partial charge is 0.350 e. The molecule has 2 saturated heterocycles. The average Bonchev–Trinajstić information content (AvgIpc) is 3.10. The molecule has 47 heavy (non-hydrogen) atoms. The number of aryl methyl sites for hydroxylation is 2. The molecule has 2 heterocycles. The molecule has 0 N–H and O–H groups in total. The van der Waals surface area contributed by atoms with Crippen LogP contribution < -0.4 is 14.2 Å². The predicted octanol–water partition coefficient (Wildman–Crippen LogP) is 7.06. The first-order chi connectivity index (χ1) is 22.8. The van der Waals surface area contributed by atoms with Gasteiger partial charge in [0.1, 0.15) is 6.04 Å². The van der Waals surface area contributed by atoms with Gasteiger partial charge in [-0.3, -0.25) is 9.59 Å². The van der Waals surface area contributed by atoms with Crippen LogP contribution in [0.5, 0.6) is 17.2 Å². The quantitative estimate of drug-likeness (QED) is 0.177. The number of halogens is 2. The van der Waals surface area contributed by atoms with Gasteiger partial charge in [-0.15, -0.1) is 0 Å². The zero-order valence-corrected chi connectivity index (χ0v) is 27.6. The summed E-state index contributed by atoms with van der Waals surface area (Å²) in [6.07, 6.45) is 7.52. The van der Waals surface area contributed by atoms with E-state index in [4.69, 9.17) is 14.2 Å². The van der Waals surface area contributed by atoms with Crippen molar-refractivity contribution < 1.29 is 32.6 Å². The molecular weight excluding hydrogens is 602 g/mol. The second-order valence-corrected chi connectivity index (χ2v) is 12.7. The number of alkyl halides is 2. The van der Waals surface area contributed by atoms with E-state index in [9.17, 15) is 9.59 Å². The normalized spacial score (nSPS) is 18.0. The highest BCUT2D eigenvalue weighted by molar-refractivity contribution is 5.93. The number of nitrogens with zero attached hydrogens (tertiary/aromatic N) is 2. The lowest BCUT2D eigenvalue weighted by Crippen LogP contribution is -2.67. The summed E-state index contributed by atoms with van der Waals surface area (Å²) in [5.41, 5.74) is 2.02. The van der Waals surface area contributed by atoms with Gasteiger partial charge in [0.25, 0.3) is 5.91 Å². The summed E-state index contributed by atoms with van der Waals surface area (Å²) in [4.78, 5) is 30.7. The summed E-state index contributed by atoms with van der Waals surface area (Å²) in [6.45, 7) is 0.834. The van der Waals surface area contributed by atoms with Crippen LogP contribution >= 0.6 is 0 Å². The van der Waals surface area contributed by atoms with Gasteiger partial charge in [0, 0.05) is 18.7 Å². The first-order valence-electron chi connectivity index (χ1n) is 16.6. The number of likely N-dealkylation sites (tertiary alicyclic amines) is 1. The Kier molecular flexibility index (Phi) is 11.4. The average molecular weight is 649 g/mol. The summed E-state index contributed by atoms with van der Waals surface area (Å²) in [5.74, 6) is -5.01. The van der Waals surface area contributed by atoms with Gasteiger partial charge in [0.2, 0.25) is 11.7 Å². The number of piperidine rings is 1. The zero-order valence-electron chi connectivity index (χ0n) is 27.6.